The number of hydrogen-bond donors (Lipinski definition) is 0. The molecule has 0 saturated carbocycles. The van der Waals surface area contributed by atoms with Crippen LogP contribution in [0.3, 0.4) is 0 Å². The van der Waals surface area contributed by atoms with Gasteiger partial charge in [-0.2, -0.15) is 10.2 Å². The van der Waals surface area contributed by atoms with Gasteiger partial charge in [-0.25, -0.2) is 14.2 Å². The van der Waals surface area contributed by atoms with Crippen LogP contribution in [0.1, 0.15) is 29.8 Å². The van der Waals surface area contributed by atoms with Gasteiger partial charge >= 0.3 is 0 Å². The predicted molar refractivity (Wildman–Crippen MR) is 98.6 cm³/mol. The van der Waals surface area contributed by atoms with Gasteiger partial charge in [-0.15, -0.1) is 0 Å². The highest BCUT2D eigenvalue weighted by molar-refractivity contribution is 5.69. The van der Waals surface area contributed by atoms with E-state index in [2.05, 4.69) is 26.1 Å². The van der Waals surface area contributed by atoms with Gasteiger partial charge in [-0.05, 0) is 44.2 Å². The normalized spacial score (nSPS) is 17.3. The van der Waals surface area contributed by atoms with Crippen LogP contribution < -0.4 is 10.5 Å². The molecule has 0 N–H and O–H groups in total. The van der Waals surface area contributed by atoms with Gasteiger partial charge in [-0.1, -0.05) is 0 Å². The lowest BCUT2D eigenvalue weighted by molar-refractivity contribution is 0.330. The number of hydrogen-bond acceptors (Lipinski definition) is 5. The van der Waals surface area contributed by atoms with Gasteiger partial charge in [0.25, 0.3) is 5.56 Å². The zero-order valence-electron chi connectivity index (χ0n) is 14.9. The smallest absolute Gasteiger partial charge is 0.267 e. The second-order valence-electron chi connectivity index (χ2n) is 7.48. The van der Waals surface area contributed by atoms with Crippen molar-refractivity contribution in [1.82, 2.24) is 24.4 Å². The summed E-state index contributed by atoms with van der Waals surface area (Å²) in [5.74, 6) is 1.39. The van der Waals surface area contributed by atoms with Gasteiger partial charge in [-0.3, -0.25) is 4.79 Å². The monoisotopic (exact) mass is 350 g/mol. The highest BCUT2D eigenvalue weighted by atomic mass is 16.1. The Morgan fingerprint density at radius 2 is 2.00 bits per heavy atom. The Labute approximate surface area is 151 Å². The molecule has 0 unspecified atom stereocenters. The molecule has 2 aliphatic rings. The van der Waals surface area contributed by atoms with Crippen LogP contribution in [0.2, 0.25) is 0 Å². The third kappa shape index (κ3) is 2.58. The molecule has 134 valence electrons. The number of nitrogens with zero attached hydrogens (tertiary/aromatic N) is 6. The van der Waals surface area contributed by atoms with Gasteiger partial charge in [0.05, 0.1) is 17.9 Å². The minimum atomic E-state index is 0.0377. The molecule has 3 aromatic heterocycles. The summed E-state index contributed by atoms with van der Waals surface area (Å²) in [4.78, 5) is 19.2. The Kier molecular flexibility index (Phi) is 3.55. The summed E-state index contributed by atoms with van der Waals surface area (Å²) in [5, 5.41) is 9.09. The molecule has 7 heteroatoms. The fourth-order valence-electron chi connectivity index (χ4n) is 4.11. The average molecular weight is 350 g/mol. The molecule has 7 nitrogen and oxygen atoms in total. The third-order valence-corrected chi connectivity index (χ3v) is 5.45. The lowest BCUT2D eigenvalue weighted by Gasteiger charge is -2.40. The van der Waals surface area contributed by atoms with E-state index < -0.39 is 0 Å². The Balaban J connectivity index is 1.32. The van der Waals surface area contributed by atoms with Crippen LogP contribution in [0.25, 0.3) is 5.52 Å². The van der Waals surface area contributed by atoms with Gasteiger partial charge in [0.2, 0.25) is 0 Å². The standard InChI is InChI=1S/C19H22N6O/c1-13-8-17-19(20-6-7-24(17)21-13)23-10-14(11-23)12-25-18(26)9-15-4-2-3-5-16(15)22-25/h6-9,14H,2-5,10-12H2,1H3. The largest absolute Gasteiger partial charge is 0.354 e. The van der Waals surface area contributed by atoms with Crippen LogP contribution in [-0.4, -0.2) is 37.5 Å². The van der Waals surface area contributed by atoms with Crippen LogP contribution in [0.5, 0.6) is 0 Å². The third-order valence-electron chi connectivity index (χ3n) is 5.45. The highest BCUT2D eigenvalue weighted by Crippen LogP contribution is 2.27. The van der Waals surface area contributed by atoms with Crippen LogP contribution in [0.4, 0.5) is 5.82 Å². The summed E-state index contributed by atoms with van der Waals surface area (Å²) >= 11 is 0. The maximum Gasteiger partial charge on any atom is 0.267 e. The van der Waals surface area contributed by atoms with Gasteiger partial charge < -0.3 is 4.90 Å². The van der Waals surface area contributed by atoms with Crippen molar-refractivity contribution in [2.24, 2.45) is 5.92 Å². The van der Waals surface area contributed by atoms with Crippen molar-refractivity contribution in [1.29, 1.82) is 0 Å². The lowest BCUT2D eigenvalue weighted by Crippen LogP contribution is -2.50. The Bertz CT molecular complexity index is 1030. The van der Waals surface area contributed by atoms with Gasteiger partial charge in [0.1, 0.15) is 5.52 Å². The molecule has 1 saturated heterocycles. The van der Waals surface area contributed by atoms with Crippen molar-refractivity contribution in [3.63, 3.8) is 0 Å². The first-order valence-corrected chi connectivity index (χ1v) is 9.33. The zero-order valence-corrected chi connectivity index (χ0v) is 14.9. The summed E-state index contributed by atoms with van der Waals surface area (Å²) in [6.07, 6.45) is 8.00. The quantitative estimate of drug-likeness (QED) is 0.718. The molecule has 0 atom stereocenters. The van der Waals surface area contributed by atoms with Crippen LogP contribution in [-0.2, 0) is 19.4 Å². The van der Waals surface area contributed by atoms with Crippen molar-refractivity contribution < 1.29 is 0 Å². The Morgan fingerprint density at radius 1 is 1.15 bits per heavy atom. The minimum absolute atomic E-state index is 0.0377. The van der Waals surface area contributed by atoms with E-state index in [0.29, 0.717) is 12.5 Å². The molecule has 3 aromatic rings. The van der Waals surface area contributed by atoms with Crippen molar-refractivity contribution in [3.05, 3.63) is 51.8 Å². The summed E-state index contributed by atoms with van der Waals surface area (Å²) in [6.45, 7) is 4.46. The van der Waals surface area contributed by atoms with E-state index in [1.165, 1.54) is 12.8 Å². The maximum absolute atomic E-state index is 12.4. The van der Waals surface area contributed by atoms with E-state index in [1.807, 2.05) is 17.6 Å². The molecule has 1 aliphatic carbocycles. The van der Waals surface area contributed by atoms with E-state index in [0.717, 1.165) is 54.2 Å². The SMILES string of the molecule is Cc1cc2c(N3CC(Cn4nc5c(cc4=O)CCCC5)C3)nccn2n1. The van der Waals surface area contributed by atoms with Crippen molar-refractivity contribution in [2.75, 3.05) is 18.0 Å². The number of aromatic nitrogens is 5. The molecule has 0 spiro atoms. The number of anilines is 1. The topological polar surface area (TPSA) is 68.3 Å². The fourth-order valence-corrected chi connectivity index (χ4v) is 4.11. The molecule has 5 rings (SSSR count). The first kappa shape index (κ1) is 15.5. The van der Waals surface area contributed by atoms with Crippen molar-refractivity contribution >= 4 is 11.3 Å². The van der Waals surface area contributed by atoms with E-state index in [-0.39, 0.29) is 5.56 Å². The molecule has 0 amide bonds. The molecule has 26 heavy (non-hydrogen) atoms. The summed E-state index contributed by atoms with van der Waals surface area (Å²) in [5.41, 5.74) is 4.33. The van der Waals surface area contributed by atoms with E-state index in [9.17, 15) is 4.79 Å². The Hall–Kier alpha value is -2.70. The molecule has 0 bridgehead atoms. The molecular formula is C19H22N6O. The highest BCUT2D eigenvalue weighted by Gasteiger charge is 2.30. The van der Waals surface area contributed by atoms with Crippen LogP contribution in [0.15, 0.2) is 29.3 Å². The van der Waals surface area contributed by atoms with E-state index in [1.54, 1.807) is 16.9 Å². The zero-order chi connectivity index (χ0) is 17.7. The van der Waals surface area contributed by atoms with Crippen LogP contribution in [0, 0.1) is 12.8 Å². The number of fused-ring (bicyclic) bond motifs is 2. The van der Waals surface area contributed by atoms with Crippen molar-refractivity contribution in [2.45, 2.75) is 39.2 Å². The predicted octanol–water partition coefficient (Wildman–Crippen LogP) is 1.61. The number of rotatable bonds is 3. The lowest BCUT2D eigenvalue weighted by atomic mass is 9.96. The molecular weight excluding hydrogens is 328 g/mol. The van der Waals surface area contributed by atoms with Gasteiger partial charge in [0, 0.05) is 37.5 Å². The first-order valence-electron chi connectivity index (χ1n) is 9.33. The molecule has 1 fully saturated rings. The fraction of sp³-hybridized carbons (Fsp3) is 0.474. The second-order valence-corrected chi connectivity index (χ2v) is 7.48. The molecule has 0 radical (unpaired) electrons. The van der Waals surface area contributed by atoms with Crippen molar-refractivity contribution in [3.8, 4) is 0 Å². The first-order chi connectivity index (χ1) is 12.7. The summed E-state index contributed by atoms with van der Waals surface area (Å²) in [6, 6.07) is 3.86. The van der Waals surface area contributed by atoms with E-state index in [4.69, 9.17) is 0 Å². The molecule has 4 heterocycles. The maximum atomic E-state index is 12.4. The second kappa shape index (κ2) is 5.93. The molecule has 1 aliphatic heterocycles. The van der Waals surface area contributed by atoms with E-state index >= 15 is 0 Å². The Morgan fingerprint density at radius 3 is 2.88 bits per heavy atom. The summed E-state index contributed by atoms with van der Waals surface area (Å²) < 4.78 is 3.55. The molecule has 0 aromatic carbocycles. The summed E-state index contributed by atoms with van der Waals surface area (Å²) in [7, 11) is 0. The average Bonchev–Trinajstić information content (AvgIpc) is 2.98. The van der Waals surface area contributed by atoms with Crippen LogP contribution >= 0.6 is 0 Å². The number of aryl methyl sites for hydroxylation is 3. The van der Waals surface area contributed by atoms with Gasteiger partial charge in [0.15, 0.2) is 5.82 Å². The minimum Gasteiger partial charge on any atom is -0.354 e.